The molecule has 0 aromatic carbocycles. The van der Waals surface area contributed by atoms with E-state index in [0.717, 1.165) is 17.8 Å². The van der Waals surface area contributed by atoms with E-state index in [9.17, 15) is 0 Å². The first-order chi connectivity index (χ1) is 8.13. The molecule has 2 aliphatic rings. The number of thiophene rings is 1. The number of hydrogen-bond donors (Lipinski definition) is 0. The summed E-state index contributed by atoms with van der Waals surface area (Å²) in [6.07, 6.45) is 7.36. The minimum Gasteiger partial charge on any atom is -0.143 e. The van der Waals surface area contributed by atoms with Gasteiger partial charge in [0.25, 0.3) is 0 Å². The fourth-order valence-corrected chi connectivity index (χ4v) is 6.99. The molecule has 0 spiro atoms. The summed E-state index contributed by atoms with van der Waals surface area (Å²) < 4.78 is 1.30. The van der Waals surface area contributed by atoms with Crippen LogP contribution in [0.3, 0.4) is 0 Å². The average Bonchev–Trinajstić information content (AvgIpc) is 2.93. The average molecular weight is 378 g/mol. The zero-order valence-corrected chi connectivity index (χ0v) is 14.1. The highest BCUT2D eigenvalue weighted by Crippen LogP contribution is 2.52. The Balaban J connectivity index is 1.67. The summed E-state index contributed by atoms with van der Waals surface area (Å²) in [5.74, 6) is 3.09. The predicted molar refractivity (Wildman–Crippen MR) is 82.0 cm³/mol. The zero-order chi connectivity index (χ0) is 12.0. The van der Waals surface area contributed by atoms with Crippen LogP contribution in [-0.2, 0) is 0 Å². The Bertz CT molecular complexity index is 412. The van der Waals surface area contributed by atoms with Crippen LogP contribution in [-0.4, -0.2) is 0 Å². The first kappa shape index (κ1) is 12.7. The van der Waals surface area contributed by atoms with Crippen molar-refractivity contribution in [2.45, 2.75) is 43.9 Å². The maximum absolute atomic E-state index is 3.91. The third-order valence-electron chi connectivity index (χ3n) is 4.52. The quantitative estimate of drug-likeness (QED) is 0.559. The molecule has 0 radical (unpaired) electrons. The van der Waals surface area contributed by atoms with Crippen LogP contribution in [0, 0.1) is 24.7 Å². The van der Waals surface area contributed by atoms with Crippen LogP contribution in [0.15, 0.2) is 10.5 Å². The molecule has 0 amide bonds. The van der Waals surface area contributed by atoms with Gasteiger partial charge in [0.05, 0.1) is 4.83 Å². The van der Waals surface area contributed by atoms with E-state index in [2.05, 4.69) is 44.8 Å². The van der Waals surface area contributed by atoms with Crippen molar-refractivity contribution in [2.75, 3.05) is 0 Å². The second kappa shape index (κ2) is 4.97. The molecule has 2 bridgehead atoms. The van der Waals surface area contributed by atoms with Gasteiger partial charge in [-0.1, -0.05) is 22.4 Å². The van der Waals surface area contributed by atoms with Gasteiger partial charge in [-0.2, -0.15) is 0 Å². The van der Waals surface area contributed by atoms with Gasteiger partial charge < -0.3 is 0 Å². The molecule has 1 heterocycles. The Morgan fingerprint density at radius 3 is 2.76 bits per heavy atom. The van der Waals surface area contributed by atoms with E-state index in [0.29, 0.717) is 4.83 Å². The summed E-state index contributed by atoms with van der Waals surface area (Å²) >= 11 is 9.53. The number of alkyl halides is 1. The fourth-order valence-electron chi connectivity index (χ4n) is 3.75. The lowest BCUT2D eigenvalue weighted by Crippen LogP contribution is -2.12. The van der Waals surface area contributed by atoms with Crippen molar-refractivity contribution in [3.8, 4) is 0 Å². The molecule has 1 aromatic heterocycles. The van der Waals surface area contributed by atoms with Crippen molar-refractivity contribution in [1.82, 2.24) is 0 Å². The second-order valence-corrected chi connectivity index (χ2v) is 8.95. The van der Waals surface area contributed by atoms with Gasteiger partial charge in [0.15, 0.2) is 0 Å². The minimum atomic E-state index is 0.555. The first-order valence-corrected chi connectivity index (χ1v) is 9.06. The molecule has 2 saturated carbocycles. The highest BCUT2D eigenvalue weighted by molar-refractivity contribution is 9.11. The summed E-state index contributed by atoms with van der Waals surface area (Å²) in [5.41, 5.74) is 0. The lowest BCUT2D eigenvalue weighted by atomic mass is 9.85. The molecule has 3 heteroatoms. The predicted octanol–water partition coefficient (Wildman–Crippen LogP) is 6.08. The third kappa shape index (κ3) is 2.52. The Hall–Kier alpha value is 0.660. The minimum absolute atomic E-state index is 0.555. The molecule has 2 fully saturated rings. The molecule has 17 heavy (non-hydrogen) atoms. The first-order valence-electron chi connectivity index (χ1n) is 6.53. The number of fused-ring (bicyclic) bond motifs is 2. The lowest BCUT2D eigenvalue weighted by molar-refractivity contribution is 0.314. The van der Waals surface area contributed by atoms with Crippen LogP contribution in [0.1, 0.15) is 46.7 Å². The van der Waals surface area contributed by atoms with Crippen molar-refractivity contribution >= 4 is 43.2 Å². The Morgan fingerprint density at radius 2 is 2.24 bits per heavy atom. The van der Waals surface area contributed by atoms with Crippen molar-refractivity contribution in [3.05, 3.63) is 20.3 Å². The van der Waals surface area contributed by atoms with Gasteiger partial charge in [-0.3, -0.25) is 0 Å². The van der Waals surface area contributed by atoms with Gasteiger partial charge in [-0.25, -0.2) is 0 Å². The Kier molecular flexibility index (Phi) is 3.71. The number of aryl methyl sites for hydroxylation is 1. The van der Waals surface area contributed by atoms with Crippen LogP contribution < -0.4 is 0 Å². The van der Waals surface area contributed by atoms with Crippen molar-refractivity contribution in [2.24, 2.45) is 17.8 Å². The third-order valence-corrected chi connectivity index (χ3v) is 7.73. The molecule has 0 N–H and O–H groups in total. The molecular formula is C14H18Br2S. The maximum atomic E-state index is 3.91. The van der Waals surface area contributed by atoms with Crippen LogP contribution in [0.25, 0.3) is 0 Å². The van der Waals surface area contributed by atoms with E-state index in [1.807, 2.05) is 11.3 Å². The SMILES string of the molecule is Cc1cc(Br)c(C(Br)CC2CC3CCC2C3)s1. The second-order valence-electron chi connectivity index (χ2n) is 5.71. The van der Waals surface area contributed by atoms with Crippen LogP contribution >= 0.6 is 43.2 Å². The molecule has 0 saturated heterocycles. The van der Waals surface area contributed by atoms with Gasteiger partial charge in [-0.15, -0.1) is 11.3 Å². The van der Waals surface area contributed by atoms with Crippen molar-refractivity contribution in [1.29, 1.82) is 0 Å². The standard InChI is InChI=1S/C14H18Br2S/c1-8-4-12(15)14(17-8)13(16)7-11-6-9-2-3-10(11)5-9/h4,9-11,13H,2-3,5-7H2,1H3. The Labute approximate surface area is 124 Å². The molecule has 94 valence electrons. The molecule has 0 aliphatic heterocycles. The smallest absolute Gasteiger partial charge is 0.0503 e. The van der Waals surface area contributed by atoms with E-state index >= 15 is 0 Å². The monoisotopic (exact) mass is 376 g/mol. The van der Waals surface area contributed by atoms with Crippen molar-refractivity contribution < 1.29 is 0 Å². The van der Waals surface area contributed by atoms with Gasteiger partial charge >= 0.3 is 0 Å². The molecular weight excluding hydrogens is 360 g/mol. The van der Waals surface area contributed by atoms with Gasteiger partial charge in [0.2, 0.25) is 0 Å². The molecule has 4 atom stereocenters. The Morgan fingerprint density at radius 1 is 1.41 bits per heavy atom. The largest absolute Gasteiger partial charge is 0.143 e. The molecule has 2 aliphatic carbocycles. The summed E-state index contributed by atoms with van der Waals surface area (Å²) in [5, 5.41) is 0. The molecule has 4 unspecified atom stereocenters. The molecule has 1 aromatic rings. The van der Waals surface area contributed by atoms with Crippen LogP contribution in [0.5, 0.6) is 0 Å². The van der Waals surface area contributed by atoms with Gasteiger partial charge in [-0.05, 0) is 72.4 Å². The van der Waals surface area contributed by atoms with E-state index in [1.54, 1.807) is 0 Å². The van der Waals surface area contributed by atoms with Gasteiger partial charge in [0, 0.05) is 14.2 Å². The number of halogens is 2. The van der Waals surface area contributed by atoms with Gasteiger partial charge in [0.1, 0.15) is 0 Å². The highest BCUT2D eigenvalue weighted by atomic mass is 79.9. The number of rotatable bonds is 3. The summed E-state index contributed by atoms with van der Waals surface area (Å²) in [6, 6.07) is 2.25. The molecule has 0 nitrogen and oxygen atoms in total. The highest BCUT2D eigenvalue weighted by Gasteiger charge is 2.40. The lowest BCUT2D eigenvalue weighted by Gasteiger charge is -2.23. The topological polar surface area (TPSA) is 0 Å². The zero-order valence-electron chi connectivity index (χ0n) is 10.1. The maximum Gasteiger partial charge on any atom is 0.0503 e. The van der Waals surface area contributed by atoms with E-state index < -0.39 is 0 Å². The van der Waals surface area contributed by atoms with E-state index in [4.69, 9.17) is 0 Å². The summed E-state index contributed by atoms with van der Waals surface area (Å²) in [7, 11) is 0. The number of hydrogen-bond acceptors (Lipinski definition) is 1. The van der Waals surface area contributed by atoms with E-state index in [-0.39, 0.29) is 0 Å². The van der Waals surface area contributed by atoms with Crippen LogP contribution in [0.2, 0.25) is 0 Å². The summed E-state index contributed by atoms with van der Waals surface area (Å²) in [4.78, 5) is 3.45. The molecule has 3 rings (SSSR count). The van der Waals surface area contributed by atoms with Crippen LogP contribution in [0.4, 0.5) is 0 Å². The van der Waals surface area contributed by atoms with E-state index in [1.165, 1.54) is 46.3 Å². The summed E-state index contributed by atoms with van der Waals surface area (Å²) in [6.45, 7) is 2.19. The van der Waals surface area contributed by atoms with Crippen molar-refractivity contribution in [3.63, 3.8) is 0 Å². The normalized spacial score (nSPS) is 33.2. The fraction of sp³-hybridized carbons (Fsp3) is 0.714.